The van der Waals surface area contributed by atoms with E-state index in [0.717, 1.165) is 11.6 Å². The van der Waals surface area contributed by atoms with Crippen molar-refractivity contribution in [2.24, 2.45) is 0 Å². The minimum absolute atomic E-state index is 0.528. The van der Waals surface area contributed by atoms with Crippen LogP contribution in [-0.2, 0) is 11.3 Å². The molecule has 12 heavy (non-hydrogen) atoms. The summed E-state index contributed by atoms with van der Waals surface area (Å²) >= 11 is 5.75. The first-order valence-electron chi connectivity index (χ1n) is 4.20. The molecule has 0 aliphatic heterocycles. The summed E-state index contributed by atoms with van der Waals surface area (Å²) in [5, 5.41) is 0.783. The van der Waals surface area contributed by atoms with Crippen LogP contribution in [0.1, 0.15) is 18.4 Å². The molecule has 64 valence electrons. The number of hydrogen-bond donors (Lipinski definition) is 0. The molecule has 0 bridgehead atoms. The molecule has 0 amide bonds. The quantitative estimate of drug-likeness (QED) is 0.699. The molecule has 0 saturated heterocycles. The fraction of sp³-hybridized carbons (Fsp3) is 0.400. The van der Waals surface area contributed by atoms with E-state index in [9.17, 15) is 0 Å². The van der Waals surface area contributed by atoms with Gasteiger partial charge >= 0.3 is 0 Å². The molecule has 0 aromatic heterocycles. The van der Waals surface area contributed by atoms with Gasteiger partial charge in [-0.3, -0.25) is 0 Å². The predicted octanol–water partition coefficient (Wildman–Crippen LogP) is 3.02. The highest BCUT2D eigenvalue weighted by Crippen LogP contribution is 2.24. The van der Waals surface area contributed by atoms with Gasteiger partial charge in [-0.15, -0.1) is 0 Å². The Bertz CT molecular complexity index is 251. The van der Waals surface area contributed by atoms with Gasteiger partial charge in [-0.1, -0.05) is 23.7 Å². The molecule has 1 aliphatic carbocycles. The molecule has 2 heteroatoms. The molecular formula is C10H11ClO. The highest BCUT2D eigenvalue weighted by molar-refractivity contribution is 6.30. The highest BCUT2D eigenvalue weighted by Gasteiger charge is 2.21. The second-order valence-corrected chi connectivity index (χ2v) is 3.57. The lowest BCUT2D eigenvalue weighted by molar-refractivity contribution is 0.106. The summed E-state index contributed by atoms with van der Waals surface area (Å²) in [6.45, 7) is 0.724. The molecule has 1 fully saturated rings. The molecule has 0 unspecified atom stereocenters. The molecular weight excluding hydrogens is 172 g/mol. The average Bonchev–Trinajstić information content (AvgIpc) is 2.87. The van der Waals surface area contributed by atoms with Gasteiger partial charge in [-0.05, 0) is 30.5 Å². The van der Waals surface area contributed by atoms with Crippen molar-refractivity contribution < 1.29 is 4.74 Å². The standard InChI is InChI=1S/C10H11ClO/c11-9-3-1-8(2-4-9)7-12-10-5-6-10/h1-4,10H,5-7H2. The van der Waals surface area contributed by atoms with Crippen molar-refractivity contribution in [2.75, 3.05) is 0 Å². The van der Waals surface area contributed by atoms with Crippen LogP contribution < -0.4 is 0 Å². The van der Waals surface area contributed by atoms with E-state index in [1.807, 2.05) is 24.3 Å². The second-order valence-electron chi connectivity index (χ2n) is 3.14. The lowest BCUT2D eigenvalue weighted by Crippen LogP contribution is -1.93. The van der Waals surface area contributed by atoms with E-state index >= 15 is 0 Å². The summed E-state index contributed by atoms with van der Waals surface area (Å²) in [6.07, 6.45) is 2.99. The van der Waals surface area contributed by atoms with E-state index in [-0.39, 0.29) is 0 Å². The minimum atomic E-state index is 0.528. The molecule has 0 spiro atoms. The van der Waals surface area contributed by atoms with Crippen molar-refractivity contribution in [3.8, 4) is 0 Å². The SMILES string of the molecule is Clc1ccc(COC2CC2)cc1. The first-order valence-corrected chi connectivity index (χ1v) is 4.58. The van der Waals surface area contributed by atoms with E-state index in [1.54, 1.807) is 0 Å². The average molecular weight is 183 g/mol. The first-order chi connectivity index (χ1) is 5.84. The van der Waals surface area contributed by atoms with Crippen LogP contribution >= 0.6 is 11.6 Å². The number of ether oxygens (including phenoxy) is 1. The van der Waals surface area contributed by atoms with Crippen LogP contribution in [0, 0.1) is 0 Å². The zero-order valence-electron chi connectivity index (χ0n) is 6.79. The fourth-order valence-electron chi connectivity index (χ4n) is 1.03. The van der Waals surface area contributed by atoms with Crippen LogP contribution in [0.15, 0.2) is 24.3 Å². The van der Waals surface area contributed by atoms with E-state index in [4.69, 9.17) is 16.3 Å². The smallest absolute Gasteiger partial charge is 0.0720 e. The Morgan fingerprint density at radius 2 is 1.92 bits per heavy atom. The molecule has 1 aliphatic rings. The van der Waals surface area contributed by atoms with Crippen molar-refractivity contribution in [2.45, 2.75) is 25.6 Å². The predicted molar refractivity (Wildman–Crippen MR) is 49.3 cm³/mol. The largest absolute Gasteiger partial charge is 0.374 e. The summed E-state index contributed by atoms with van der Waals surface area (Å²) in [5.41, 5.74) is 1.20. The molecule has 0 heterocycles. The van der Waals surface area contributed by atoms with Gasteiger partial charge in [0.2, 0.25) is 0 Å². The van der Waals surface area contributed by atoms with Gasteiger partial charge < -0.3 is 4.74 Å². The number of rotatable bonds is 3. The van der Waals surface area contributed by atoms with Crippen LogP contribution in [0.5, 0.6) is 0 Å². The lowest BCUT2D eigenvalue weighted by atomic mass is 10.2. The fourth-order valence-corrected chi connectivity index (χ4v) is 1.16. The van der Waals surface area contributed by atoms with Crippen LogP contribution in [0.3, 0.4) is 0 Å². The Hall–Kier alpha value is -0.530. The van der Waals surface area contributed by atoms with E-state index < -0.39 is 0 Å². The molecule has 1 nitrogen and oxygen atoms in total. The van der Waals surface area contributed by atoms with Gasteiger partial charge in [0, 0.05) is 5.02 Å². The molecule has 0 atom stereocenters. The highest BCUT2D eigenvalue weighted by atomic mass is 35.5. The van der Waals surface area contributed by atoms with E-state index in [0.29, 0.717) is 6.10 Å². The van der Waals surface area contributed by atoms with Crippen molar-refractivity contribution >= 4 is 11.6 Å². The van der Waals surface area contributed by atoms with Crippen molar-refractivity contribution in [3.05, 3.63) is 34.9 Å². The summed E-state index contributed by atoms with van der Waals surface area (Å²) in [5.74, 6) is 0. The molecule has 0 N–H and O–H groups in total. The Morgan fingerprint density at radius 3 is 2.50 bits per heavy atom. The maximum absolute atomic E-state index is 5.75. The molecule has 0 radical (unpaired) electrons. The van der Waals surface area contributed by atoms with Crippen LogP contribution in [0.25, 0.3) is 0 Å². The monoisotopic (exact) mass is 182 g/mol. The van der Waals surface area contributed by atoms with Crippen LogP contribution in [-0.4, -0.2) is 6.10 Å². The third-order valence-corrected chi connectivity index (χ3v) is 2.18. The molecule has 2 rings (SSSR count). The van der Waals surface area contributed by atoms with Gasteiger partial charge in [0.15, 0.2) is 0 Å². The summed E-state index contributed by atoms with van der Waals surface area (Å²) < 4.78 is 5.54. The van der Waals surface area contributed by atoms with E-state index in [1.165, 1.54) is 18.4 Å². The maximum atomic E-state index is 5.75. The zero-order chi connectivity index (χ0) is 8.39. The van der Waals surface area contributed by atoms with Crippen LogP contribution in [0.4, 0.5) is 0 Å². The third kappa shape index (κ3) is 2.23. The first kappa shape index (κ1) is 8.09. The summed E-state index contributed by atoms with van der Waals surface area (Å²) in [4.78, 5) is 0. The zero-order valence-corrected chi connectivity index (χ0v) is 7.55. The second kappa shape index (κ2) is 3.46. The Kier molecular flexibility index (Phi) is 2.33. The lowest BCUT2D eigenvalue weighted by Gasteiger charge is -2.01. The van der Waals surface area contributed by atoms with Gasteiger partial charge in [-0.25, -0.2) is 0 Å². The normalized spacial score (nSPS) is 16.4. The van der Waals surface area contributed by atoms with Crippen molar-refractivity contribution in [1.29, 1.82) is 0 Å². The molecule has 1 aromatic carbocycles. The van der Waals surface area contributed by atoms with Crippen molar-refractivity contribution in [1.82, 2.24) is 0 Å². The number of benzene rings is 1. The Balaban J connectivity index is 1.89. The minimum Gasteiger partial charge on any atom is -0.374 e. The van der Waals surface area contributed by atoms with Crippen molar-refractivity contribution in [3.63, 3.8) is 0 Å². The van der Waals surface area contributed by atoms with Gasteiger partial charge in [-0.2, -0.15) is 0 Å². The topological polar surface area (TPSA) is 9.23 Å². The van der Waals surface area contributed by atoms with Crippen LogP contribution in [0.2, 0.25) is 5.02 Å². The Labute approximate surface area is 77.3 Å². The molecule has 1 aromatic rings. The number of halogens is 1. The van der Waals surface area contributed by atoms with Gasteiger partial charge in [0.1, 0.15) is 0 Å². The van der Waals surface area contributed by atoms with E-state index in [2.05, 4.69) is 0 Å². The summed E-state index contributed by atoms with van der Waals surface area (Å²) in [7, 11) is 0. The Morgan fingerprint density at radius 1 is 1.25 bits per heavy atom. The van der Waals surface area contributed by atoms with Gasteiger partial charge in [0.25, 0.3) is 0 Å². The number of hydrogen-bond acceptors (Lipinski definition) is 1. The summed E-state index contributed by atoms with van der Waals surface area (Å²) in [6, 6.07) is 7.80. The third-order valence-electron chi connectivity index (χ3n) is 1.92. The molecule has 1 saturated carbocycles. The van der Waals surface area contributed by atoms with Gasteiger partial charge in [0.05, 0.1) is 12.7 Å². The maximum Gasteiger partial charge on any atom is 0.0720 e.